The number of furan rings is 1. The quantitative estimate of drug-likeness (QED) is 0.122. The van der Waals surface area contributed by atoms with Crippen molar-refractivity contribution >= 4 is 34.1 Å². The van der Waals surface area contributed by atoms with Gasteiger partial charge in [-0.25, -0.2) is 0 Å². The molecule has 0 aliphatic carbocycles. The molecule has 3 aromatic heterocycles. The Kier molecular flexibility index (Phi) is 11.3. The van der Waals surface area contributed by atoms with E-state index in [1.807, 2.05) is 73.1 Å². The van der Waals surface area contributed by atoms with E-state index in [0.29, 0.717) is 0 Å². The molecule has 318 valence electrons. The molecule has 11 aromatic rings. The van der Waals surface area contributed by atoms with Crippen LogP contribution in [0.2, 0.25) is 0 Å². The third kappa shape index (κ3) is 8.78. The van der Waals surface area contributed by atoms with Gasteiger partial charge < -0.3 is 14.2 Å². The summed E-state index contributed by atoms with van der Waals surface area (Å²) in [6.07, 6.45) is 3.90. The lowest BCUT2D eigenvalue weighted by Crippen LogP contribution is -2.10. The summed E-state index contributed by atoms with van der Waals surface area (Å²) in [5.74, 6) is 1.59. The first kappa shape index (κ1) is 40.7. The minimum atomic E-state index is 0.794. The maximum absolute atomic E-state index is 6.57. The number of rotatable bonds is 12. The molecule has 0 spiro atoms. The van der Waals surface area contributed by atoms with Gasteiger partial charge >= 0.3 is 0 Å². The maximum Gasteiger partial charge on any atom is 0.134 e. The van der Waals surface area contributed by atoms with Gasteiger partial charge in [0.05, 0.1) is 35.2 Å². The molecule has 0 bridgehead atoms. The highest BCUT2D eigenvalue weighted by molar-refractivity contribution is 5.82. The smallest absolute Gasteiger partial charge is 0.134 e. The standard InChI is InChI=1S/C62H44N4O/c1-5-13-45(14-6-1)47-21-29-53(30-22-47)65(57-37-39-59(63-43-57)49-17-9-3-10-18-49)55-33-25-51(26-34-55)61-41-42-62(67-61)52-27-35-56(36-28-52)66(54-31-23-48(24-32-54)46-15-7-2-8-16-46)58-38-40-60(64-44-58)50-19-11-4-12-20-50/h1-44H. The second kappa shape index (κ2) is 18.6. The van der Waals surface area contributed by atoms with E-state index in [-0.39, 0.29) is 0 Å². The molecule has 5 heteroatoms. The van der Waals surface area contributed by atoms with Crippen LogP contribution < -0.4 is 9.80 Å². The predicted molar refractivity (Wildman–Crippen MR) is 276 cm³/mol. The molecule has 3 heterocycles. The fraction of sp³-hybridized carbons (Fsp3) is 0. The van der Waals surface area contributed by atoms with Crippen LogP contribution in [0.25, 0.3) is 67.4 Å². The first-order chi connectivity index (χ1) is 33.2. The first-order valence-electron chi connectivity index (χ1n) is 22.5. The molecule has 0 aliphatic rings. The lowest BCUT2D eigenvalue weighted by atomic mass is 10.0. The Morgan fingerprint density at radius 2 is 0.493 bits per heavy atom. The molecular weight excluding hydrogens is 817 g/mol. The van der Waals surface area contributed by atoms with E-state index in [0.717, 1.165) is 90.4 Å². The molecule has 0 N–H and O–H groups in total. The van der Waals surface area contributed by atoms with Crippen LogP contribution in [0.3, 0.4) is 0 Å². The van der Waals surface area contributed by atoms with Gasteiger partial charge in [-0.15, -0.1) is 0 Å². The largest absolute Gasteiger partial charge is 0.456 e. The minimum Gasteiger partial charge on any atom is -0.456 e. The summed E-state index contributed by atoms with van der Waals surface area (Å²) in [5.41, 5.74) is 16.7. The average Bonchev–Trinajstić information content (AvgIpc) is 3.92. The Morgan fingerprint density at radius 3 is 0.791 bits per heavy atom. The van der Waals surface area contributed by atoms with Crippen molar-refractivity contribution in [1.82, 2.24) is 9.97 Å². The average molecular weight is 861 g/mol. The molecule has 0 saturated heterocycles. The van der Waals surface area contributed by atoms with E-state index in [1.165, 1.54) is 11.1 Å². The maximum atomic E-state index is 6.57. The zero-order valence-corrected chi connectivity index (χ0v) is 36.6. The van der Waals surface area contributed by atoms with Crippen molar-refractivity contribution in [1.29, 1.82) is 0 Å². The van der Waals surface area contributed by atoms with Gasteiger partial charge in [-0.2, -0.15) is 0 Å². The summed E-state index contributed by atoms with van der Waals surface area (Å²) in [6.45, 7) is 0. The van der Waals surface area contributed by atoms with Crippen LogP contribution >= 0.6 is 0 Å². The second-order valence-electron chi connectivity index (χ2n) is 16.3. The lowest BCUT2D eigenvalue weighted by molar-refractivity contribution is 0.597. The molecule has 0 unspecified atom stereocenters. The van der Waals surface area contributed by atoms with Crippen LogP contribution in [0.5, 0.6) is 0 Å². The van der Waals surface area contributed by atoms with Gasteiger partial charge in [0.1, 0.15) is 11.5 Å². The number of aromatic nitrogens is 2. The molecule has 67 heavy (non-hydrogen) atoms. The molecule has 0 radical (unpaired) electrons. The van der Waals surface area contributed by atoms with E-state index in [2.05, 4.69) is 204 Å². The zero-order valence-electron chi connectivity index (χ0n) is 36.6. The van der Waals surface area contributed by atoms with Gasteiger partial charge in [0, 0.05) is 45.0 Å². The summed E-state index contributed by atoms with van der Waals surface area (Å²) in [7, 11) is 0. The molecule has 0 saturated carbocycles. The van der Waals surface area contributed by atoms with Gasteiger partial charge in [0.25, 0.3) is 0 Å². The normalized spacial score (nSPS) is 11.0. The van der Waals surface area contributed by atoms with Crippen molar-refractivity contribution in [2.24, 2.45) is 0 Å². The summed E-state index contributed by atoms with van der Waals surface area (Å²) in [6, 6.07) is 88.5. The van der Waals surface area contributed by atoms with Crippen molar-refractivity contribution < 1.29 is 4.42 Å². The molecule has 11 rings (SSSR count). The van der Waals surface area contributed by atoms with E-state index in [4.69, 9.17) is 14.4 Å². The third-order valence-electron chi connectivity index (χ3n) is 12.0. The molecule has 0 aliphatic heterocycles. The van der Waals surface area contributed by atoms with Crippen LogP contribution in [0.4, 0.5) is 34.1 Å². The second-order valence-corrected chi connectivity index (χ2v) is 16.3. The van der Waals surface area contributed by atoms with Crippen molar-refractivity contribution in [2.75, 3.05) is 9.80 Å². The van der Waals surface area contributed by atoms with E-state index in [1.54, 1.807) is 0 Å². The van der Waals surface area contributed by atoms with Gasteiger partial charge in [0.15, 0.2) is 0 Å². The Hall–Kier alpha value is -9.06. The monoisotopic (exact) mass is 860 g/mol. The fourth-order valence-corrected chi connectivity index (χ4v) is 8.56. The van der Waals surface area contributed by atoms with Crippen LogP contribution in [0.1, 0.15) is 0 Å². The molecular formula is C62H44N4O. The van der Waals surface area contributed by atoms with Crippen molar-refractivity contribution in [3.8, 4) is 67.4 Å². The molecule has 8 aromatic carbocycles. The SMILES string of the molecule is c1ccc(-c2ccc(N(c3ccc(-c4ccc(-c5ccc(N(c6ccc(-c7ccccc7)cc6)c6ccc(-c7ccccc7)nc6)cc5)o4)cc3)c3ccc(-c4ccccc4)nc3)cc2)cc1. The Labute approximate surface area is 391 Å². The highest BCUT2D eigenvalue weighted by Crippen LogP contribution is 2.40. The topological polar surface area (TPSA) is 45.4 Å². The summed E-state index contributed by atoms with van der Waals surface area (Å²) in [4.78, 5) is 14.3. The number of benzene rings is 8. The van der Waals surface area contributed by atoms with Crippen LogP contribution in [0, 0.1) is 0 Å². The lowest BCUT2D eigenvalue weighted by Gasteiger charge is -2.25. The van der Waals surface area contributed by atoms with Crippen LogP contribution in [-0.2, 0) is 0 Å². The molecule has 0 fully saturated rings. The van der Waals surface area contributed by atoms with E-state index < -0.39 is 0 Å². The number of nitrogens with zero attached hydrogens (tertiary/aromatic N) is 4. The fourth-order valence-electron chi connectivity index (χ4n) is 8.56. The van der Waals surface area contributed by atoms with E-state index >= 15 is 0 Å². The highest BCUT2D eigenvalue weighted by atomic mass is 16.3. The summed E-state index contributed by atoms with van der Waals surface area (Å²) < 4.78 is 6.57. The molecule has 0 amide bonds. The van der Waals surface area contributed by atoms with Gasteiger partial charge in [-0.3, -0.25) is 9.97 Å². The van der Waals surface area contributed by atoms with Crippen molar-refractivity contribution in [2.45, 2.75) is 0 Å². The summed E-state index contributed by atoms with van der Waals surface area (Å²) >= 11 is 0. The predicted octanol–water partition coefficient (Wildman–Crippen LogP) is 17.0. The van der Waals surface area contributed by atoms with Gasteiger partial charge in [-0.1, -0.05) is 146 Å². The van der Waals surface area contributed by atoms with Crippen molar-refractivity contribution in [3.63, 3.8) is 0 Å². The third-order valence-corrected chi connectivity index (χ3v) is 12.0. The van der Waals surface area contributed by atoms with Crippen LogP contribution in [0.15, 0.2) is 272 Å². The molecule has 0 atom stereocenters. The number of hydrogen-bond acceptors (Lipinski definition) is 5. The Balaban J connectivity index is 0.867. The Morgan fingerprint density at radius 1 is 0.224 bits per heavy atom. The van der Waals surface area contributed by atoms with Crippen LogP contribution in [-0.4, -0.2) is 9.97 Å². The van der Waals surface area contributed by atoms with Crippen molar-refractivity contribution in [3.05, 3.63) is 267 Å². The number of hydrogen-bond donors (Lipinski definition) is 0. The number of pyridine rings is 2. The number of anilines is 6. The Bertz CT molecular complexity index is 2930. The van der Waals surface area contributed by atoms with Gasteiger partial charge in [0.2, 0.25) is 0 Å². The van der Waals surface area contributed by atoms with E-state index in [9.17, 15) is 0 Å². The van der Waals surface area contributed by atoms with Gasteiger partial charge in [-0.05, 0) is 131 Å². The summed E-state index contributed by atoms with van der Waals surface area (Å²) in [5, 5.41) is 0. The first-order valence-corrected chi connectivity index (χ1v) is 22.5. The highest BCUT2D eigenvalue weighted by Gasteiger charge is 2.17. The molecule has 5 nitrogen and oxygen atoms in total. The zero-order chi connectivity index (χ0) is 44.8. The minimum absolute atomic E-state index is 0.794.